The highest BCUT2D eigenvalue weighted by Crippen LogP contribution is 2.28. The molecule has 0 atom stereocenters. The minimum Gasteiger partial charge on any atom is -0.507 e. The molecule has 1 heterocycles. The quantitative estimate of drug-likeness (QED) is 0.833. The van der Waals surface area contributed by atoms with Crippen molar-refractivity contribution in [3.05, 3.63) is 47.8 Å². The first-order chi connectivity index (χ1) is 11.1. The summed E-state index contributed by atoms with van der Waals surface area (Å²) >= 11 is 0. The Morgan fingerprint density at radius 3 is 2.74 bits per heavy atom. The summed E-state index contributed by atoms with van der Waals surface area (Å²) in [5.41, 5.74) is 1.35. The number of aromatic carboxylic acids is 1. The summed E-state index contributed by atoms with van der Waals surface area (Å²) in [7, 11) is 0. The van der Waals surface area contributed by atoms with Crippen molar-refractivity contribution in [1.29, 1.82) is 0 Å². The molecular weight excluding hydrogens is 292 g/mol. The van der Waals surface area contributed by atoms with Crippen LogP contribution in [-0.2, 0) is 0 Å². The van der Waals surface area contributed by atoms with Crippen molar-refractivity contribution in [2.24, 2.45) is 4.99 Å². The Kier molecular flexibility index (Phi) is 4.46. The molecule has 23 heavy (non-hydrogen) atoms. The standard InChI is InChI=1S/C18H20N2O3/c21-17-7-6-14(10-16(17)18(22)23)19-11-13-8-9-20(12-13)15-4-2-1-3-5-15/h6-12,15,21H,1-5H2,(H,22,23). The molecule has 0 amide bonds. The summed E-state index contributed by atoms with van der Waals surface area (Å²) in [4.78, 5) is 15.3. The van der Waals surface area contributed by atoms with E-state index in [1.54, 1.807) is 12.3 Å². The van der Waals surface area contributed by atoms with Gasteiger partial charge in [-0.2, -0.15) is 0 Å². The Bertz CT molecular complexity index is 728. The lowest BCUT2D eigenvalue weighted by Crippen LogP contribution is -2.10. The fourth-order valence-electron chi connectivity index (χ4n) is 3.04. The number of aliphatic imine (C=N–C) groups is 1. The molecule has 1 fully saturated rings. The minimum atomic E-state index is -1.16. The predicted molar refractivity (Wildman–Crippen MR) is 88.9 cm³/mol. The first-order valence-electron chi connectivity index (χ1n) is 7.91. The minimum absolute atomic E-state index is 0.139. The zero-order chi connectivity index (χ0) is 16.2. The van der Waals surface area contributed by atoms with E-state index in [1.165, 1.54) is 44.2 Å². The summed E-state index contributed by atoms with van der Waals surface area (Å²) in [6.45, 7) is 0. The van der Waals surface area contributed by atoms with Crippen molar-refractivity contribution < 1.29 is 15.0 Å². The molecule has 1 saturated carbocycles. The van der Waals surface area contributed by atoms with E-state index >= 15 is 0 Å². The van der Waals surface area contributed by atoms with Crippen LogP contribution in [-0.4, -0.2) is 27.0 Å². The molecule has 5 nitrogen and oxygen atoms in total. The Labute approximate surface area is 134 Å². The number of rotatable bonds is 4. The third-order valence-corrected chi connectivity index (χ3v) is 4.31. The van der Waals surface area contributed by atoms with E-state index in [2.05, 4.69) is 22.0 Å². The molecule has 1 aromatic heterocycles. The first-order valence-corrected chi connectivity index (χ1v) is 7.91. The fraction of sp³-hybridized carbons (Fsp3) is 0.333. The number of phenols is 1. The number of carboxylic acid groups (broad SMARTS) is 1. The number of benzene rings is 1. The van der Waals surface area contributed by atoms with E-state index in [1.807, 2.05) is 6.07 Å². The van der Waals surface area contributed by atoms with Gasteiger partial charge in [0, 0.05) is 30.2 Å². The summed E-state index contributed by atoms with van der Waals surface area (Å²) in [6, 6.07) is 6.90. The molecular formula is C18H20N2O3. The highest BCUT2D eigenvalue weighted by Gasteiger charge is 2.14. The van der Waals surface area contributed by atoms with E-state index in [-0.39, 0.29) is 11.3 Å². The van der Waals surface area contributed by atoms with Gasteiger partial charge in [-0.25, -0.2) is 4.79 Å². The van der Waals surface area contributed by atoms with Crippen LogP contribution in [0, 0.1) is 0 Å². The molecule has 1 aliphatic carbocycles. The largest absolute Gasteiger partial charge is 0.507 e. The van der Waals surface area contributed by atoms with Crippen molar-refractivity contribution in [3.8, 4) is 5.75 Å². The Balaban J connectivity index is 1.74. The normalized spacial score (nSPS) is 16.0. The topological polar surface area (TPSA) is 74.8 Å². The molecule has 0 unspecified atom stereocenters. The van der Waals surface area contributed by atoms with E-state index in [4.69, 9.17) is 5.11 Å². The Morgan fingerprint density at radius 1 is 1.22 bits per heavy atom. The van der Waals surface area contributed by atoms with Gasteiger partial charge in [0.15, 0.2) is 0 Å². The lowest BCUT2D eigenvalue weighted by Gasteiger charge is -2.23. The molecule has 0 spiro atoms. The van der Waals surface area contributed by atoms with Crippen LogP contribution in [0.2, 0.25) is 0 Å². The van der Waals surface area contributed by atoms with Gasteiger partial charge in [-0.15, -0.1) is 0 Å². The second-order valence-electron chi connectivity index (χ2n) is 5.95. The van der Waals surface area contributed by atoms with Crippen LogP contribution in [0.3, 0.4) is 0 Å². The maximum Gasteiger partial charge on any atom is 0.339 e. The second kappa shape index (κ2) is 6.69. The third-order valence-electron chi connectivity index (χ3n) is 4.31. The lowest BCUT2D eigenvalue weighted by molar-refractivity contribution is 0.0694. The van der Waals surface area contributed by atoms with Crippen LogP contribution in [0.1, 0.15) is 54.1 Å². The number of carboxylic acids is 1. The number of hydrogen-bond donors (Lipinski definition) is 2. The van der Waals surface area contributed by atoms with Crippen molar-refractivity contribution >= 4 is 17.9 Å². The lowest BCUT2D eigenvalue weighted by atomic mass is 9.95. The average Bonchev–Trinajstić information content (AvgIpc) is 3.03. The zero-order valence-corrected chi connectivity index (χ0v) is 12.9. The van der Waals surface area contributed by atoms with E-state index < -0.39 is 5.97 Å². The summed E-state index contributed by atoms with van der Waals surface area (Å²) in [5.74, 6) is -1.41. The highest BCUT2D eigenvalue weighted by molar-refractivity contribution is 5.92. The van der Waals surface area contributed by atoms with E-state index in [0.717, 1.165) is 5.56 Å². The molecule has 2 aromatic rings. The van der Waals surface area contributed by atoms with Crippen LogP contribution < -0.4 is 0 Å². The van der Waals surface area contributed by atoms with Crippen LogP contribution in [0.15, 0.2) is 41.7 Å². The average molecular weight is 312 g/mol. The molecule has 0 radical (unpaired) electrons. The zero-order valence-electron chi connectivity index (χ0n) is 12.9. The van der Waals surface area contributed by atoms with Crippen molar-refractivity contribution in [2.75, 3.05) is 0 Å². The Hall–Kier alpha value is -2.56. The first kappa shape index (κ1) is 15.3. The number of aromatic nitrogens is 1. The monoisotopic (exact) mass is 312 g/mol. The summed E-state index contributed by atoms with van der Waals surface area (Å²) < 4.78 is 2.25. The summed E-state index contributed by atoms with van der Waals surface area (Å²) in [5, 5.41) is 18.5. The van der Waals surface area contributed by atoms with Gasteiger partial charge in [-0.05, 0) is 37.1 Å². The van der Waals surface area contributed by atoms with Gasteiger partial charge in [-0.3, -0.25) is 4.99 Å². The van der Waals surface area contributed by atoms with Crippen molar-refractivity contribution in [1.82, 2.24) is 4.57 Å². The van der Waals surface area contributed by atoms with E-state index in [9.17, 15) is 9.90 Å². The number of nitrogens with zero attached hydrogens (tertiary/aromatic N) is 2. The van der Waals surface area contributed by atoms with Crippen LogP contribution in [0.4, 0.5) is 5.69 Å². The van der Waals surface area contributed by atoms with Crippen LogP contribution in [0.5, 0.6) is 5.75 Å². The third kappa shape index (κ3) is 3.62. The Morgan fingerprint density at radius 2 is 2.00 bits per heavy atom. The van der Waals surface area contributed by atoms with Gasteiger partial charge in [0.05, 0.1) is 5.69 Å². The highest BCUT2D eigenvalue weighted by atomic mass is 16.4. The van der Waals surface area contributed by atoms with Gasteiger partial charge in [0.25, 0.3) is 0 Å². The predicted octanol–water partition coefficient (Wildman–Crippen LogP) is 4.15. The molecule has 2 N–H and O–H groups in total. The van der Waals surface area contributed by atoms with Crippen molar-refractivity contribution in [2.45, 2.75) is 38.1 Å². The molecule has 1 aromatic carbocycles. The van der Waals surface area contributed by atoms with Gasteiger partial charge in [0.2, 0.25) is 0 Å². The molecule has 5 heteroatoms. The van der Waals surface area contributed by atoms with Gasteiger partial charge in [0.1, 0.15) is 11.3 Å². The maximum absolute atomic E-state index is 11.0. The number of hydrogen-bond acceptors (Lipinski definition) is 3. The van der Waals surface area contributed by atoms with Crippen LogP contribution in [0.25, 0.3) is 0 Å². The number of aromatic hydroxyl groups is 1. The molecule has 1 aliphatic rings. The van der Waals surface area contributed by atoms with Gasteiger partial charge < -0.3 is 14.8 Å². The molecule has 0 saturated heterocycles. The molecule has 0 bridgehead atoms. The second-order valence-corrected chi connectivity index (χ2v) is 5.95. The molecule has 3 rings (SSSR count). The fourth-order valence-corrected chi connectivity index (χ4v) is 3.04. The number of carbonyl (C=O) groups is 1. The summed E-state index contributed by atoms with van der Waals surface area (Å²) in [6.07, 6.45) is 12.2. The van der Waals surface area contributed by atoms with Crippen LogP contribution >= 0.6 is 0 Å². The van der Waals surface area contributed by atoms with Gasteiger partial charge in [-0.1, -0.05) is 19.3 Å². The smallest absolute Gasteiger partial charge is 0.339 e. The molecule has 120 valence electrons. The maximum atomic E-state index is 11.0. The SMILES string of the molecule is O=C(O)c1cc(N=Cc2ccn(C3CCCCC3)c2)ccc1O. The van der Waals surface area contributed by atoms with Gasteiger partial charge >= 0.3 is 5.97 Å². The molecule has 0 aliphatic heterocycles. The van der Waals surface area contributed by atoms with E-state index in [0.29, 0.717) is 11.7 Å². The van der Waals surface area contributed by atoms with Crippen molar-refractivity contribution in [3.63, 3.8) is 0 Å².